The van der Waals surface area contributed by atoms with E-state index in [2.05, 4.69) is 31.0 Å². The Bertz CT molecular complexity index is 1130. The van der Waals surface area contributed by atoms with E-state index in [-0.39, 0.29) is 15.9 Å². The highest BCUT2D eigenvalue weighted by molar-refractivity contribution is 9.10. The fourth-order valence-corrected chi connectivity index (χ4v) is 4.65. The Morgan fingerprint density at radius 3 is 2.59 bits per heavy atom. The highest BCUT2D eigenvalue weighted by atomic mass is 79.9. The topological polar surface area (TPSA) is 97.4 Å². The predicted molar refractivity (Wildman–Crippen MR) is 118 cm³/mol. The van der Waals surface area contributed by atoms with Crippen molar-refractivity contribution in [1.82, 2.24) is 4.98 Å². The molecule has 10 heteroatoms. The number of thiazole rings is 1. The van der Waals surface area contributed by atoms with Crippen molar-refractivity contribution in [3.8, 4) is 5.75 Å². The molecule has 0 bridgehead atoms. The Hall–Kier alpha value is -2.69. The van der Waals surface area contributed by atoms with Crippen molar-refractivity contribution in [2.75, 3.05) is 17.1 Å². The van der Waals surface area contributed by atoms with Crippen molar-refractivity contribution < 1.29 is 17.9 Å². The van der Waals surface area contributed by atoms with Crippen LogP contribution in [0.5, 0.6) is 5.75 Å². The SMILES string of the molecule is COc1ccc(/C=C/C(=O)Nc2ccc(S(=O)(=O)Nc3nccs3)cc2)cc1Br. The first-order chi connectivity index (χ1) is 13.9. The second-order valence-corrected chi connectivity index (χ2v) is 9.12. The van der Waals surface area contributed by atoms with Crippen LogP contribution in [0.1, 0.15) is 5.56 Å². The molecule has 1 aromatic heterocycles. The number of sulfonamides is 1. The van der Waals surface area contributed by atoms with Gasteiger partial charge in [-0.25, -0.2) is 13.4 Å². The molecule has 0 fully saturated rings. The van der Waals surface area contributed by atoms with Gasteiger partial charge in [-0.3, -0.25) is 9.52 Å². The first-order valence-corrected chi connectivity index (χ1v) is 11.4. The van der Waals surface area contributed by atoms with Crippen LogP contribution in [-0.4, -0.2) is 26.4 Å². The lowest BCUT2D eigenvalue weighted by atomic mass is 10.2. The van der Waals surface area contributed by atoms with Crippen molar-refractivity contribution in [3.05, 3.63) is 70.2 Å². The molecule has 2 N–H and O–H groups in total. The molecule has 3 rings (SSSR count). The molecule has 0 saturated carbocycles. The van der Waals surface area contributed by atoms with Crippen LogP contribution >= 0.6 is 27.3 Å². The minimum atomic E-state index is -3.73. The molecule has 7 nitrogen and oxygen atoms in total. The van der Waals surface area contributed by atoms with Crippen molar-refractivity contribution >= 4 is 60.1 Å². The third-order valence-corrected chi connectivity index (χ3v) is 6.48. The van der Waals surface area contributed by atoms with Crippen molar-refractivity contribution in [2.24, 2.45) is 0 Å². The van der Waals surface area contributed by atoms with Crippen molar-refractivity contribution in [2.45, 2.75) is 4.90 Å². The number of nitrogens with one attached hydrogen (secondary N) is 2. The summed E-state index contributed by atoms with van der Waals surface area (Å²) in [5, 5.41) is 4.65. The van der Waals surface area contributed by atoms with Gasteiger partial charge >= 0.3 is 0 Å². The van der Waals surface area contributed by atoms with Crippen LogP contribution < -0.4 is 14.8 Å². The number of anilines is 2. The quantitative estimate of drug-likeness (QED) is 0.476. The van der Waals surface area contributed by atoms with Crippen molar-refractivity contribution in [1.29, 1.82) is 0 Å². The number of hydrogen-bond donors (Lipinski definition) is 2. The van der Waals surface area contributed by atoms with Gasteiger partial charge in [0.1, 0.15) is 5.75 Å². The summed E-state index contributed by atoms with van der Waals surface area (Å²) in [6.07, 6.45) is 4.57. The van der Waals surface area contributed by atoms with Crippen molar-refractivity contribution in [3.63, 3.8) is 0 Å². The number of carbonyl (C=O) groups is 1. The van der Waals surface area contributed by atoms with Crippen LogP contribution in [0.2, 0.25) is 0 Å². The summed E-state index contributed by atoms with van der Waals surface area (Å²) < 4.78 is 33.0. The summed E-state index contributed by atoms with van der Waals surface area (Å²) in [5.74, 6) is 0.361. The average molecular weight is 494 g/mol. The van der Waals surface area contributed by atoms with Gasteiger partial charge < -0.3 is 10.1 Å². The van der Waals surface area contributed by atoms with E-state index >= 15 is 0 Å². The molecule has 0 atom stereocenters. The van der Waals surface area contributed by atoms with Gasteiger partial charge in [-0.05, 0) is 64.0 Å². The lowest BCUT2D eigenvalue weighted by molar-refractivity contribution is -0.111. The van der Waals surface area contributed by atoms with E-state index in [1.54, 1.807) is 24.6 Å². The standard InChI is InChI=1S/C19H16BrN3O4S2/c1-27-17-8-2-13(12-16(17)20)3-9-18(24)22-14-4-6-15(7-5-14)29(25,26)23-19-21-10-11-28-19/h2-12H,1H3,(H,21,23)(H,22,24)/b9-3+. The second kappa shape index (κ2) is 9.21. The number of hydrogen-bond acceptors (Lipinski definition) is 6. The fraction of sp³-hybridized carbons (Fsp3) is 0.0526. The summed E-state index contributed by atoms with van der Waals surface area (Å²) in [6.45, 7) is 0. The summed E-state index contributed by atoms with van der Waals surface area (Å²) in [4.78, 5) is 16.1. The molecule has 0 unspecified atom stereocenters. The van der Waals surface area contributed by atoms with Crippen LogP contribution in [-0.2, 0) is 14.8 Å². The Kier molecular flexibility index (Phi) is 6.68. The van der Waals surface area contributed by atoms with Gasteiger partial charge in [0.2, 0.25) is 5.91 Å². The molecule has 150 valence electrons. The van der Waals surface area contributed by atoms with Crippen LogP contribution in [0.25, 0.3) is 6.08 Å². The van der Waals surface area contributed by atoms with E-state index in [1.807, 2.05) is 12.1 Å². The van der Waals surface area contributed by atoms with Crippen LogP contribution in [0, 0.1) is 0 Å². The zero-order chi connectivity index (χ0) is 20.9. The second-order valence-electron chi connectivity index (χ2n) is 5.68. The molecule has 0 aliphatic rings. The summed E-state index contributed by atoms with van der Waals surface area (Å²) in [7, 11) is -2.15. The molecular weight excluding hydrogens is 478 g/mol. The first kappa shape index (κ1) is 21.0. The highest BCUT2D eigenvalue weighted by Crippen LogP contribution is 2.26. The predicted octanol–water partition coefficient (Wildman–Crippen LogP) is 4.37. The Morgan fingerprint density at radius 2 is 1.97 bits per heavy atom. The zero-order valence-corrected chi connectivity index (χ0v) is 18.3. The molecule has 0 radical (unpaired) electrons. The van der Waals surface area contributed by atoms with Gasteiger partial charge in [0.05, 0.1) is 16.5 Å². The van der Waals surface area contributed by atoms with Gasteiger partial charge in [0.15, 0.2) is 5.13 Å². The maximum atomic E-state index is 12.3. The molecule has 0 spiro atoms. The summed E-state index contributed by atoms with van der Waals surface area (Å²) >= 11 is 4.58. The van der Waals surface area contributed by atoms with E-state index in [0.29, 0.717) is 11.4 Å². The number of amides is 1. The van der Waals surface area contributed by atoms with Crippen LogP contribution in [0.4, 0.5) is 10.8 Å². The van der Waals surface area contributed by atoms with Crippen LogP contribution in [0.15, 0.2) is 69.5 Å². The smallest absolute Gasteiger partial charge is 0.263 e. The van der Waals surface area contributed by atoms with E-state index in [1.165, 1.54) is 47.9 Å². The molecule has 3 aromatic rings. The number of nitrogens with zero attached hydrogens (tertiary/aromatic N) is 1. The number of carbonyl (C=O) groups excluding carboxylic acids is 1. The fourth-order valence-electron chi connectivity index (χ4n) is 2.31. The Labute approximate surface area is 180 Å². The lowest BCUT2D eigenvalue weighted by Gasteiger charge is -2.07. The zero-order valence-electron chi connectivity index (χ0n) is 15.1. The van der Waals surface area contributed by atoms with E-state index < -0.39 is 10.0 Å². The molecular formula is C19H16BrN3O4S2. The third-order valence-electron chi connectivity index (χ3n) is 3.69. The average Bonchev–Trinajstić information content (AvgIpc) is 3.19. The van der Waals surface area contributed by atoms with E-state index in [0.717, 1.165) is 10.0 Å². The molecule has 0 saturated heterocycles. The molecule has 1 amide bonds. The normalized spacial score (nSPS) is 11.4. The lowest BCUT2D eigenvalue weighted by Crippen LogP contribution is -2.13. The van der Waals surface area contributed by atoms with E-state index in [4.69, 9.17) is 4.74 Å². The number of ether oxygens (including phenoxy) is 1. The maximum Gasteiger partial charge on any atom is 0.263 e. The number of rotatable bonds is 7. The van der Waals surface area contributed by atoms with Crippen LogP contribution in [0.3, 0.4) is 0 Å². The molecule has 29 heavy (non-hydrogen) atoms. The van der Waals surface area contributed by atoms with Gasteiger partial charge in [-0.15, -0.1) is 11.3 Å². The number of benzene rings is 2. The third kappa shape index (κ3) is 5.66. The minimum Gasteiger partial charge on any atom is -0.496 e. The molecule has 0 aliphatic heterocycles. The number of halogens is 1. The number of aromatic nitrogens is 1. The molecule has 2 aromatic carbocycles. The number of methoxy groups -OCH3 is 1. The van der Waals surface area contributed by atoms with E-state index in [9.17, 15) is 13.2 Å². The van der Waals surface area contributed by atoms with Gasteiger partial charge in [-0.2, -0.15) is 0 Å². The van der Waals surface area contributed by atoms with Gasteiger partial charge in [-0.1, -0.05) is 6.07 Å². The monoisotopic (exact) mass is 493 g/mol. The van der Waals surface area contributed by atoms with Gasteiger partial charge in [0, 0.05) is 23.3 Å². The summed E-state index contributed by atoms with van der Waals surface area (Å²) in [6, 6.07) is 11.3. The highest BCUT2D eigenvalue weighted by Gasteiger charge is 2.15. The Morgan fingerprint density at radius 1 is 1.21 bits per heavy atom. The van der Waals surface area contributed by atoms with Gasteiger partial charge in [0.25, 0.3) is 10.0 Å². The summed E-state index contributed by atoms with van der Waals surface area (Å²) in [5.41, 5.74) is 1.30. The molecule has 0 aliphatic carbocycles. The minimum absolute atomic E-state index is 0.0734. The Balaban J connectivity index is 1.63. The first-order valence-electron chi connectivity index (χ1n) is 8.22. The maximum absolute atomic E-state index is 12.3. The molecule has 1 heterocycles. The largest absolute Gasteiger partial charge is 0.496 e.